The zero-order chi connectivity index (χ0) is 14.1. The minimum atomic E-state index is -0.886. The second-order valence-corrected chi connectivity index (χ2v) is 5.16. The Morgan fingerprint density at radius 3 is 2.75 bits per heavy atom. The lowest BCUT2D eigenvalue weighted by Gasteiger charge is -2.26. The van der Waals surface area contributed by atoms with Gasteiger partial charge in [-0.25, -0.2) is 4.79 Å². The molecule has 0 radical (unpaired) electrons. The predicted molar refractivity (Wildman–Crippen MR) is 76.0 cm³/mol. The van der Waals surface area contributed by atoms with Crippen LogP contribution in [0.4, 0.5) is 0 Å². The molecule has 2 aromatic rings. The first-order valence-electron chi connectivity index (χ1n) is 6.77. The smallest absolute Gasteiger partial charge is 0.335 e. The van der Waals surface area contributed by atoms with Gasteiger partial charge in [-0.3, -0.25) is 4.90 Å². The largest absolute Gasteiger partial charge is 0.478 e. The lowest BCUT2D eigenvalue weighted by atomic mass is 10.1. The van der Waals surface area contributed by atoms with Crippen molar-refractivity contribution in [2.45, 2.75) is 6.54 Å². The third-order valence-electron chi connectivity index (χ3n) is 3.88. The van der Waals surface area contributed by atoms with Crippen LogP contribution in [0, 0.1) is 0 Å². The summed E-state index contributed by atoms with van der Waals surface area (Å²) in [6.07, 6.45) is 0. The summed E-state index contributed by atoms with van der Waals surface area (Å²) in [5.41, 5.74) is 2.49. The van der Waals surface area contributed by atoms with E-state index >= 15 is 0 Å². The van der Waals surface area contributed by atoms with Gasteiger partial charge in [0.05, 0.1) is 18.8 Å². The Labute approximate surface area is 117 Å². The maximum atomic E-state index is 11.0. The fourth-order valence-electron chi connectivity index (χ4n) is 2.66. The first kappa shape index (κ1) is 13.1. The predicted octanol–water partition coefficient (Wildman–Crippen LogP) is 1.71. The van der Waals surface area contributed by atoms with Gasteiger partial charge < -0.3 is 14.4 Å². The summed E-state index contributed by atoms with van der Waals surface area (Å²) < 4.78 is 7.44. The quantitative estimate of drug-likeness (QED) is 0.925. The van der Waals surface area contributed by atoms with Crippen molar-refractivity contribution in [3.05, 3.63) is 35.5 Å². The SMILES string of the molecule is Cn1c(CN2CCOCC2)cc2ccc(C(=O)O)cc21. The average Bonchev–Trinajstić information content (AvgIpc) is 2.76. The van der Waals surface area contributed by atoms with E-state index in [1.165, 1.54) is 5.69 Å². The lowest BCUT2D eigenvalue weighted by molar-refractivity contribution is 0.0333. The third kappa shape index (κ3) is 2.42. The van der Waals surface area contributed by atoms with Crippen LogP contribution in [0.25, 0.3) is 10.9 Å². The molecule has 0 saturated carbocycles. The molecular weight excluding hydrogens is 256 g/mol. The van der Waals surface area contributed by atoms with Crippen molar-refractivity contribution in [3.8, 4) is 0 Å². The van der Waals surface area contributed by atoms with E-state index in [0.717, 1.165) is 43.8 Å². The highest BCUT2D eigenvalue weighted by atomic mass is 16.5. The number of morpholine rings is 1. The van der Waals surface area contributed by atoms with Crippen LogP contribution in [-0.4, -0.2) is 46.8 Å². The van der Waals surface area contributed by atoms with Crippen LogP contribution in [-0.2, 0) is 18.3 Å². The van der Waals surface area contributed by atoms with E-state index in [0.29, 0.717) is 5.56 Å². The Morgan fingerprint density at radius 2 is 2.05 bits per heavy atom. The number of rotatable bonds is 3. The number of carboxylic acid groups (broad SMARTS) is 1. The molecule has 1 aliphatic rings. The van der Waals surface area contributed by atoms with Crippen LogP contribution in [0.5, 0.6) is 0 Å². The van der Waals surface area contributed by atoms with Crippen molar-refractivity contribution < 1.29 is 14.6 Å². The van der Waals surface area contributed by atoms with E-state index in [-0.39, 0.29) is 0 Å². The molecule has 20 heavy (non-hydrogen) atoms. The van der Waals surface area contributed by atoms with E-state index < -0.39 is 5.97 Å². The summed E-state index contributed by atoms with van der Waals surface area (Å²) in [6.45, 7) is 4.33. The highest BCUT2D eigenvalue weighted by molar-refractivity contribution is 5.93. The average molecular weight is 274 g/mol. The molecule has 0 spiro atoms. The van der Waals surface area contributed by atoms with Crippen molar-refractivity contribution in [2.24, 2.45) is 7.05 Å². The first-order valence-corrected chi connectivity index (χ1v) is 6.77. The molecule has 0 aliphatic carbocycles. The van der Waals surface area contributed by atoms with Crippen LogP contribution in [0.1, 0.15) is 16.1 Å². The molecule has 0 unspecified atom stereocenters. The lowest BCUT2D eigenvalue weighted by Crippen LogP contribution is -2.36. The van der Waals surface area contributed by atoms with Gasteiger partial charge in [-0.15, -0.1) is 0 Å². The molecule has 106 valence electrons. The van der Waals surface area contributed by atoms with Gasteiger partial charge in [0.25, 0.3) is 0 Å². The molecule has 0 atom stereocenters. The van der Waals surface area contributed by atoms with Gasteiger partial charge in [0.2, 0.25) is 0 Å². The topological polar surface area (TPSA) is 54.7 Å². The Kier molecular flexibility index (Phi) is 3.46. The number of aromatic carboxylic acids is 1. The molecule has 1 aliphatic heterocycles. The maximum Gasteiger partial charge on any atom is 0.335 e. The summed E-state index contributed by atoms with van der Waals surface area (Å²) in [6, 6.07) is 7.40. The second kappa shape index (κ2) is 5.26. The number of nitrogens with zero attached hydrogens (tertiary/aromatic N) is 2. The van der Waals surface area contributed by atoms with Gasteiger partial charge in [0.1, 0.15) is 0 Å². The van der Waals surface area contributed by atoms with E-state index in [9.17, 15) is 4.79 Å². The van der Waals surface area contributed by atoms with Crippen molar-refractivity contribution in [3.63, 3.8) is 0 Å². The van der Waals surface area contributed by atoms with Crippen LogP contribution in [0.3, 0.4) is 0 Å². The normalized spacial score (nSPS) is 16.6. The van der Waals surface area contributed by atoms with E-state index in [2.05, 4.69) is 15.5 Å². The van der Waals surface area contributed by atoms with Crippen LogP contribution >= 0.6 is 0 Å². The van der Waals surface area contributed by atoms with Crippen molar-refractivity contribution >= 4 is 16.9 Å². The highest BCUT2D eigenvalue weighted by Crippen LogP contribution is 2.21. The fourth-order valence-corrected chi connectivity index (χ4v) is 2.66. The van der Waals surface area contributed by atoms with Crippen molar-refractivity contribution in [1.82, 2.24) is 9.47 Å². The Balaban J connectivity index is 1.91. The molecule has 5 nitrogen and oxygen atoms in total. The monoisotopic (exact) mass is 274 g/mol. The molecule has 0 amide bonds. The van der Waals surface area contributed by atoms with Gasteiger partial charge >= 0.3 is 5.97 Å². The number of fused-ring (bicyclic) bond motifs is 1. The molecule has 5 heteroatoms. The second-order valence-electron chi connectivity index (χ2n) is 5.16. The van der Waals surface area contributed by atoms with Gasteiger partial charge in [0.15, 0.2) is 0 Å². The van der Waals surface area contributed by atoms with E-state index in [1.807, 2.05) is 13.1 Å². The highest BCUT2D eigenvalue weighted by Gasteiger charge is 2.14. The van der Waals surface area contributed by atoms with Crippen molar-refractivity contribution in [1.29, 1.82) is 0 Å². The molecule has 2 heterocycles. The van der Waals surface area contributed by atoms with Crippen LogP contribution in [0.15, 0.2) is 24.3 Å². The van der Waals surface area contributed by atoms with E-state index in [4.69, 9.17) is 9.84 Å². The first-order chi connectivity index (χ1) is 9.65. The maximum absolute atomic E-state index is 11.0. The van der Waals surface area contributed by atoms with Gasteiger partial charge in [0, 0.05) is 37.9 Å². The summed E-state index contributed by atoms with van der Waals surface area (Å²) >= 11 is 0. The molecular formula is C15H18N2O3. The Morgan fingerprint density at radius 1 is 1.30 bits per heavy atom. The van der Waals surface area contributed by atoms with Gasteiger partial charge in [-0.2, -0.15) is 0 Å². The Bertz CT molecular complexity index is 642. The molecule has 1 saturated heterocycles. The number of carbonyl (C=O) groups is 1. The molecule has 1 fully saturated rings. The van der Waals surface area contributed by atoms with E-state index in [1.54, 1.807) is 12.1 Å². The molecule has 0 bridgehead atoms. The van der Waals surface area contributed by atoms with Gasteiger partial charge in [-0.05, 0) is 23.6 Å². The fraction of sp³-hybridized carbons (Fsp3) is 0.400. The van der Waals surface area contributed by atoms with Crippen molar-refractivity contribution in [2.75, 3.05) is 26.3 Å². The summed E-state index contributed by atoms with van der Waals surface area (Å²) in [5.74, 6) is -0.886. The number of aryl methyl sites for hydroxylation is 1. The standard InChI is InChI=1S/C15H18N2O3/c1-16-13(10-17-4-6-20-7-5-17)8-11-2-3-12(15(18)19)9-14(11)16/h2-3,8-9H,4-7,10H2,1H3,(H,18,19). The van der Waals surface area contributed by atoms with Gasteiger partial charge in [-0.1, -0.05) is 6.07 Å². The zero-order valence-corrected chi connectivity index (χ0v) is 11.5. The number of carboxylic acids is 1. The number of ether oxygens (including phenoxy) is 1. The van der Waals surface area contributed by atoms with Crippen LogP contribution < -0.4 is 0 Å². The van der Waals surface area contributed by atoms with Crippen LogP contribution in [0.2, 0.25) is 0 Å². The minimum Gasteiger partial charge on any atom is -0.478 e. The molecule has 3 rings (SSSR count). The number of aromatic nitrogens is 1. The summed E-state index contributed by atoms with van der Waals surface area (Å²) in [4.78, 5) is 13.4. The number of benzene rings is 1. The third-order valence-corrected chi connectivity index (χ3v) is 3.88. The summed E-state index contributed by atoms with van der Waals surface area (Å²) in [7, 11) is 1.99. The minimum absolute atomic E-state index is 0.330. The summed E-state index contributed by atoms with van der Waals surface area (Å²) in [5, 5.41) is 10.2. The molecule has 1 aromatic heterocycles. The Hall–Kier alpha value is -1.85. The molecule has 1 N–H and O–H groups in total. The molecule has 1 aromatic carbocycles. The number of hydrogen-bond donors (Lipinski definition) is 1. The zero-order valence-electron chi connectivity index (χ0n) is 11.5. The number of hydrogen-bond acceptors (Lipinski definition) is 3.